The minimum atomic E-state index is -0.750. The van der Waals surface area contributed by atoms with Gasteiger partial charge in [-0.05, 0) is 56.8 Å². The molecule has 1 aliphatic carbocycles. The molecule has 134 valence electrons. The summed E-state index contributed by atoms with van der Waals surface area (Å²) in [5.41, 5.74) is 0.0902. The van der Waals surface area contributed by atoms with Crippen LogP contribution in [0.25, 0.3) is 0 Å². The van der Waals surface area contributed by atoms with E-state index in [4.69, 9.17) is 4.74 Å². The van der Waals surface area contributed by atoms with Crippen LogP contribution in [0.3, 0.4) is 0 Å². The van der Waals surface area contributed by atoms with Crippen LogP contribution in [0.5, 0.6) is 5.75 Å². The SMILES string of the molecule is Cc1ncccc1OC1(C(=O)N2C[C@H]3CC=CC[C@H]3C2)CCNCC1. The number of carbonyl (C=O) groups is 1. The lowest BCUT2D eigenvalue weighted by molar-refractivity contribution is -0.150. The third kappa shape index (κ3) is 3.17. The maximum Gasteiger partial charge on any atom is 0.266 e. The van der Waals surface area contributed by atoms with E-state index in [1.165, 1.54) is 0 Å². The average molecular weight is 341 g/mol. The highest BCUT2D eigenvalue weighted by Gasteiger charge is 2.48. The number of pyridine rings is 1. The molecule has 0 bridgehead atoms. The Morgan fingerprint density at radius 2 is 1.92 bits per heavy atom. The van der Waals surface area contributed by atoms with Crippen LogP contribution < -0.4 is 10.1 Å². The molecule has 0 unspecified atom stereocenters. The maximum absolute atomic E-state index is 13.5. The molecule has 3 aliphatic rings. The van der Waals surface area contributed by atoms with E-state index in [-0.39, 0.29) is 5.91 Å². The predicted molar refractivity (Wildman–Crippen MR) is 96.4 cm³/mol. The molecule has 1 N–H and O–H groups in total. The first-order valence-corrected chi connectivity index (χ1v) is 9.44. The number of hydrogen-bond acceptors (Lipinski definition) is 4. The van der Waals surface area contributed by atoms with Crippen molar-refractivity contribution in [2.24, 2.45) is 11.8 Å². The van der Waals surface area contributed by atoms with Gasteiger partial charge in [0.1, 0.15) is 5.75 Å². The highest BCUT2D eigenvalue weighted by Crippen LogP contribution is 2.36. The number of fused-ring (bicyclic) bond motifs is 1. The zero-order chi connectivity index (χ0) is 17.3. The molecule has 0 spiro atoms. The number of amides is 1. The standard InChI is InChI=1S/C20H27N3O2/c1-15-18(7-4-10-22-15)25-20(8-11-21-12-9-20)19(24)23-13-16-5-2-3-6-17(16)14-23/h2-4,7,10,16-17,21H,5-6,8-9,11-14H2,1H3/t16-,17+. The van der Waals surface area contributed by atoms with E-state index >= 15 is 0 Å². The Bertz CT molecular complexity index is 651. The van der Waals surface area contributed by atoms with Gasteiger partial charge in [0.25, 0.3) is 5.91 Å². The number of aryl methyl sites for hydroxylation is 1. The topological polar surface area (TPSA) is 54.5 Å². The summed E-state index contributed by atoms with van der Waals surface area (Å²) in [5.74, 6) is 2.14. The van der Waals surface area contributed by atoms with Crippen LogP contribution in [0.1, 0.15) is 31.4 Å². The van der Waals surface area contributed by atoms with Crippen LogP contribution in [-0.4, -0.2) is 47.6 Å². The average Bonchev–Trinajstić information content (AvgIpc) is 3.08. The number of aromatic nitrogens is 1. The Morgan fingerprint density at radius 3 is 2.56 bits per heavy atom. The number of hydrogen-bond donors (Lipinski definition) is 1. The second-order valence-corrected chi connectivity index (χ2v) is 7.61. The van der Waals surface area contributed by atoms with E-state index in [0.717, 1.165) is 50.5 Å². The molecule has 2 atom stereocenters. The predicted octanol–water partition coefficient (Wildman–Crippen LogP) is 2.32. The van der Waals surface area contributed by atoms with E-state index in [2.05, 4.69) is 27.4 Å². The smallest absolute Gasteiger partial charge is 0.266 e. The lowest BCUT2D eigenvalue weighted by Gasteiger charge is -2.39. The molecule has 25 heavy (non-hydrogen) atoms. The van der Waals surface area contributed by atoms with Gasteiger partial charge in [0.05, 0.1) is 5.69 Å². The summed E-state index contributed by atoms with van der Waals surface area (Å²) in [6.07, 6.45) is 9.93. The van der Waals surface area contributed by atoms with Crippen LogP contribution in [0, 0.1) is 18.8 Å². The summed E-state index contributed by atoms with van der Waals surface area (Å²) in [6.45, 7) is 5.31. The fourth-order valence-corrected chi connectivity index (χ4v) is 4.45. The second-order valence-electron chi connectivity index (χ2n) is 7.61. The second kappa shape index (κ2) is 6.79. The number of nitrogens with zero attached hydrogens (tertiary/aromatic N) is 2. The van der Waals surface area contributed by atoms with E-state index in [1.807, 2.05) is 19.1 Å². The first kappa shape index (κ1) is 16.6. The third-order valence-corrected chi connectivity index (χ3v) is 5.97. The number of carbonyl (C=O) groups excluding carboxylic acids is 1. The number of ether oxygens (including phenoxy) is 1. The van der Waals surface area contributed by atoms with Crippen LogP contribution in [0.15, 0.2) is 30.5 Å². The highest BCUT2D eigenvalue weighted by atomic mass is 16.5. The van der Waals surface area contributed by atoms with Gasteiger partial charge in [-0.15, -0.1) is 0 Å². The van der Waals surface area contributed by atoms with Crippen LogP contribution in [-0.2, 0) is 4.79 Å². The molecule has 2 fully saturated rings. The Morgan fingerprint density at radius 1 is 1.24 bits per heavy atom. The zero-order valence-corrected chi connectivity index (χ0v) is 14.9. The van der Waals surface area contributed by atoms with Crippen molar-refractivity contribution in [1.29, 1.82) is 0 Å². The number of nitrogens with one attached hydrogen (secondary N) is 1. The lowest BCUT2D eigenvalue weighted by Crippen LogP contribution is -2.57. The monoisotopic (exact) mass is 341 g/mol. The maximum atomic E-state index is 13.5. The molecule has 0 radical (unpaired) electrons. The van der Waals surface area contributed by atoms with Crippen molar-refractivity contribution in [2.45, 2.75) is 38.2 Å². The van der Waals surface area contributed by atoms with Crippen molar-refractivity contribution < 1.29 is 9.53 Å². The summed E-state index contributed by atoms with van der Waals surface area (Å²) in [4.78, 5) is 19.9. The van der Waals surface area contributed by atoms with E-state index in [0.29, 0.717) is 24.7 Å². The van der Waals surface area contributed by atoms with E-state index < -0.39 is 5.60 Å². The van der Waals surface area contributed by atoms with Gasteiger partial charge in [0.15, 0.2) is 5.60 Å². The van der Waals surface area contributed by atoms with Gasteiger partial charge in [-0.1, -0.05) is 12.2 Å². The molecule has 5 nitrogen and oxygen atoms in total. The normalized spacial score (nSPS) is 27.8. The lowest BCUT2D eigenvalue weighted by atomic mass is 9.86. The molecular weight excluding hydrogens is 314 g/mol. The van der Waals surface area contributed by atoms with E-state index in [9.17, 15) is 4.79 Å². The van der Waals surface area contributed by atoms with Crippen molar-refractivity contribution in [2.75, 3.05) is 26.2 Å². The Kier molecular flexibility index (Phi) is 4.50. The van der Waals surface area contributed by atoms with Crippen molar-refractivity contribution in [3.8, 4) is 5.75 Å². The molecule has 2 saturated heterocycles. The summed E-state index contributed by atoms with van der Waals surface area (Å²) in [7, 11) is 0. The first-order valence-electron chi connectivity index (χ1n) is 9.44. The summed E-state index contributed by atoms with van der Waals surface area (Å²) >= 11 is 0. The van der Waals surface area contributed by atoms with Crippen molar-refractivity contribution in [3.05, 3.63) is 36.2 Å². The van der Waals surface area contributed by atoms with Gasteiger partial charge in [-0.2, -0.15) is 0 Å². The first-order chi connectivity index (χ1) is 12.2. The van der Waals surface area contributed by atoms with Crippen LogP contribution in [0.4, 0.5) is 0 Å². The minimum Gasteiger partial charge on any atom is -0.475 e. The minimum absolute atomic E-state index is 0.173. The molecule has 5 heteroatoms. The molecule has 0 saturated carbocycles. The molecule has 1 amide bonds. The van der Waals surface area contributed by atoms with Crippen molar-refractivity contribution >= 4 is 5.91 Å². The van der Waals surface area contributed by atoms with Gasteiger partial charge in [-0.25, -0.2) is 0 Å². The van der Waals surface area contributed by atoms with Crippen LogP contribution >= 0.6 is 0 Å². The number of rotatable bonds is 3. The number of likely N-dealkylation sites (tertiary alicyclic amines) is 1. The van der Waals surface area contributed by atoms with Gasteiger partial charge < -0.3 is 15.0 Å². The highest BCUT2D eigenvalue weighted by molar-refractivity contribution is 5.86. The molecule has 0 aromatic carbocycles. The largest absolute Gasteiger partial charge is 0.475 e. The zero-order valence-electron chi connectivity index (χ0n) is 14.9. The number of piperidine rings is 1. The third-order valence-electron chi connectivity index (χ3n) is 5.97. The fourth-order valence-electron chi connectivity index (χ4n) is 4.45. The van der Waals surface area contributed by atoms with Crippen molar-refractivity contribution in [1.82, 2.24) is 15.2 Å². The Hall–Kier alpha value is -1.88. The molecular formula is C20H27N3O2. The summed E-state index contributed by atoms with van der Waals surface area (Å²) < 4.78 is 6.39. The van der Waals surface area contributed by atoms with E-state index in [1.54, 1.807) is 6.20 Å². The molecule has 3 heterocycles. The van der Waals surface area contributed by atoms with Gasteiger partial charge in [0.2, 0.25) is 0 Å². The molecule has 1 aromatic rings. The summed E-state index contributed by atoms with van der Waals surface area (Å²) in [5, 5.41) is 3.36. The summed E-state index contributed by atoms with van der Waals surface area (Å²) in [6, 6.07) is 3.80. The van der Waals surface area contributed by atoms with Gasteiger partial charge >= 0.3 is 0 Å². The Balaban J connectivity index is 1.56. The number of allylic oxidation sites excluding steroid dienone is 2. The van der Waals surface area contributed by atoms with Gasteiger partial charge in [-0.3, -0.25) is 9.78 Å². The van der Waals surface area contributed by atoms with Gasteiger partial charge in [0, 0.05) is 32.1 Å². The quantitative estimate of drug-likeness (QED) is 0.857. The fraction of sp³-hybridized carbons (Fsp3) is 0.600. The Labute approximate surface area is 149 Å². The van der Waals surface area contributed by atoms with Crippen molar-refractivity contribution in [3.63, 3.8) is 0 Å². The molecule has 1 aromatic heterocycles. The molecule has 2 aliphatic heterocycles. The molecule has 4 rings (SSSR count). The van der Waals surface area contributed by atoms with Crippen LogP contribution in [0.2, 0.25) is 0 Å².